The molecule has 0 aromatic heterocycles. The van der Waals surface area contributed by atoms with Crippen LogP contribution < -0.4 is 5.32 Å². The average molecular weight is 308 g/mol. The van der Waals surface area contributed by atoms with E-state index in [0.29, 0.717) is 13.0 Å². The van der Waals surface area contributed by atoms with Crippen molar-refractivity contribution >= 4 is 21.9 Å². The maximum absolute atomic E-state index is 11.5. The van der Waals surface area contributed by atoms with Gasteiger partial charge in [-0.15, -0.1) is 0 Å². The predicted molar refractivity (Wildman–Crippen MR) is 75.8 cm³/mol. The van der Waals surface area contributed by atoms with Crippen LogP contribution in [0.4, 0.5) is 0 Å². The minimum Gasteiger partial charge on any atom is -0.481 e. The van der Waals surface area contributed by atoms with Gasteiger partial charge in [0, 0.05) is 20.0 Å². The lowest BCUT2D eigenvalue weighted by molar-refractivity contribution is -0.137. The Balaban J connectivity index is 3.67. The zero-order valence-electron chi connectivity index (χ0n) is 12.1. The fraction of sp³-hybridized carbons (Fsp3) is 0.833. The van der Waals surface area contributed by atoms with Gasteiger partial charge in [0.1, 0.15) is 0 Å². The second kappa shape index (κ2) is 9.71. The van der Waals surface area contributed by atoms with Crippen molar-refractivity contribution in [2.24, 2.45) is 0 Å². The lowest BCUT2D eigenvalue weighted by atomic mass is 10.1. The number of carboxylic acids is 1. The van der Waals surface area contributed by atoms with Crippen molar-refractivity contribution in [2.75, 3.05) is 25.9 Å². The molecule has 0 aromatic carbocycles. The standard InChI is InChI=1S/C12H24N2O5S/c1-3-20(18,19)14(2)10-11(15)13-9-7-5-4-6-8-12(16)17/h3-10H2,1-2H3,(H,13,15)(H,16,17). The van der Waals surface area contributed by atoms with Crippen molar-refractivity contribution in [3.8, 4) is 0 Å². The molecule has 0 spiro atoms. The number of nitrogens with zero attached hydrogens (tertiary/aromatic N) is 1. The molecule has 0 atom stereocenters. The molecule has 2 N–H and O–H groups in total. The van der Waals surface area contributed by atoms with Gasteiger partial charge in [0.15, 0.2) is 0 Å². The summed E-state index contributed by atoms with van der Waals surface area (Å²) >= 11 is 0. The first-order valence-corrected chi connectivity index (χ1v) is 8.33. The number of unbranched alkanes of at least 4 members (excludes halogenated alkanes) is 3. The van der Waals surface area contributed by atoms with Crippen molar-refractivity contribution in [3.63, 3.8) is 0 Å². The maximum Gasteiger partial charge on any atom is 0.303 e. The van der Waals surface area contributed by atoms with Crippen LogP contribution in [0, 0.1) is 0 Å². The van der Waals surface area contributed by atoms with E-state index in [-0.39, 0.29) is 24.6 Å². The van der Waals surface area contributed by atoms with Gasteiger partial charge in [0.2, 0.25) is 15.9 Å². The first-order valence-electron chi connectivity index (χ1n) is 6.72. The lowest BCUT2D eigenvalue weighted by Crippen LogP contribution is -2.39. The van der Waals surface area contributed by atoms with Crippen LogP contribution in [0.5, 0.6) is 0 Å². The van der Waals surface area contributed by atoms with Crippen LogP contribution in [0.15, 0.2) is 0 Å². The normalized spacial score (nSPS) is 11.6. The van der Waals surface area contributed by atoms with Gasteiger partial charge in [0.05, 0.1) is 12.3 Å². The third-order valence-electron chi connectivity index (χ3n) is 2.85. The molecule has 0 heterocycles. The van der Waals surface area contributed by atoms with E-state index in [1.54, 1.807) is 0 Å². The third-order valence-corrected chi connectivity index (χ3v) is 4.65. The van der Waals surface area contributed by atoms with Crippen LogP contribution >= 0.6 is 0 Å². The highest BCUT2D eigenvalue weighted by atomic mass is 32.2. The Labute approximate surface area is 120 Å². The molecule has 7 nitrogen and oxygen atoms in total. The molecule has 0 aliphatic heterocycles. The zero-order valence-corrected chi connectivity index (χ0v) is 12.9. The van der Waals surface area contributed by atoms with Gasteiger partial charge in [0.25, 0.3) is 0 Å². The summed E-state index contributed by atoms with van der Waals surface area (Å²) in [7, 11) is -1.95. The lowest BCUT2D eigenvalue weighted by Gasteiger charge is -2.15. The molecule has 0 bridgehead atoms. The Hall–Kier alpha value is -1.15. The topological polar surface area (TPSA) is 104 Å². The van der Waals surface area contributed by atoms with Gasteiger partial charge < -0.3 is 10.4 Å². The molecule has 0 rings (SSSR count). The summed E-state index contributed by atoms with van der Waals surface area (Å²) in [5.41, 5.74) is 0. The van der Waals surface area contributed by atoms with Crippen molar-refractivity contribution < 1.29 is 23.1 Å². The van der Waals surface area contributed by atoms with Crippen LogP contribution in [0.3, 0.4) is 0 Å². The minimum atomic E-state index is -3.33. The van der Waals surface area contributed by atoms with E-state index in [2.05, 4.69) is 5.32 Å². The molecule has 0 saturated heterocycles. The minimum absolute atomic E-state index is 0.0274. The largest absolute Gasteiger partial charge is 0.481 e. The number of carboxylic acid groups (broad SMARTS) is 1. The summed E-state index contributed by atoms with van der Waals surface area (Å²) in [5, 5.41) is 11.1. The van der Waals surface area contributed by atoms with Gasteiger partial charge in [-0.25, -0.2) is 8.42 Å². The number of sulfonamides is 1. The summed E-state index contributed by atoms with van der Waals surface area (Å²) in [4.78, 5) is 21.8. The molecule has 0 radical (unpaired) electrons. The number of likely N-dealkylation sites (N-methyl/N-ethyl adjacent to an activating group) is 1. The average Bonchev–Trinajstić information content (AvgIpc) is 2.37. The van der Waals surface area contributed by atoms with Crippen LogP contribution in [-0.4, -0.2) is 55.6 Å². The quantitative estimate of drug-likeness (QED) is 0.538. The van der Waals surface area contributed by atoms with E-state index in [4.69, 9.17) is 5.11 Å². The molecule has 118 valence electrons. The van der Waals surface area contributed by atoms with Gasteiger partial charge in [-0.05, 0) is 19.8 Å². The molecule has 20 heavy (non-hydrogen) atoms. The van der Waals surface area contributed by atoms with Crippen LogP contribution in [0.25, 0.3) is 0 Å². The summed E-state index contributed by atoms with van der Waals surface area (Å²) in [5.74, 6) is -1.14. The third kappa shape index (κ3) is 8.87. The number of nitrogens with one attached hydrogen (secondary N) is 1. The summed E-state index contributed by atoms with van der Waals surface area (Å²) < 4.78 is 23.9. The zero-order chi connectivity index (χ0) is 15.6. The second-order valence-corrected chi connectivity index (χ2v) is 6.93. The fourth-order valence-electron chi connectivity index (χ4n) is 1.56. The maximum atomic E-state index is 11.5. The molecule has 0 aromatic rings. The molecule has 0 unspecified atom stereocenters. The number of rotatable bonds is 11. The summed E-state index contributed by atoms with van der Waals surface area (Å²) in [6.45, 7) is 1.84. The molecule has 0 aliphatic rings. The number of carbonyl (C=O) groups excluding carboxylic acids is 1. The molecular weight excluding hydrogens is 284 g/mol. The smallest absolute Gasteiger partial charge is 0.303 e. The Morgan fingerprint density at radius 2 is 1.75 bits per heavy atom. The van der Waals surface area contributed by atoms with Gasteiger partial charge in [-0.3, -0.25) is 9.59 Å². The second-order valence-electron chi connectivity index (χ2n) is 4.56. The van der Waals surface area contributed by atoms with Gasteiger partial charge >= 0.3 is 5.97 Å². The van der Waals surface area contributed by atoms with Crippen molar-refractivity contribution in [1.29, 1.82) is 0 Å². The van der Waals surface area contributed by atoms with Crippen LogP contribution in [0.1, 0.15) is 39.0 Å². The number of hydrogen-bond donors (Lipinski definition) is 2. The fourth-order valence-corrected chi connectivity index (χ4v) is 2.31. The Bertz CT molecular complexity index is 408. The van der Waals surface area contributed by atoms with Crippen molar-refractivity contribution in [3.05, 3.63) is 0 Å². The highest BCUT2D eigenvalue weighted by molar-refractivity contribution is 7.89. The van der Waals surface area contributed by atoms with Crippen LogP contribution in [0.2, 0.25) is 0 Å². The Morgan fingerprint density at radius 3 is 2.30 bits per heavy atom. The predicted octanol–water partition coefficient (Wildman–Crippen LogP) is 0.419. The van der Waals surface area contributed by atoms with E-state index in [1.807, 2.05) is 0 Å². The SMILES string of the molecule is CCS(=O)(=O)N(C)CC(=O)NCCCCCCC(=O)O. The van der Waals surface area contributed by atoms with E-state index in [1.165, 1.54) is 14.0 Å². The highest BCUT2D eigenvalue weighted by Crippen LogP contribution is 2.02. The first kappa shape index (κ1) is 18.9. The molecule has 0 aliphatic carbocycles. The molecular formula is C12H24N2O5S. The summed E-state index contributed by atoms with van der Waals surface area (Å²) in [6.07, 6.45) is 3.23. The van der Waals surface area contributed by atoms with Crippen molar-refractivity contribution in [1.82, 2.24) is 9.62 Å². The molecule has 0 fully saturated rings. The number of carbonyl (C=O) groups is 2. The molecule has 1 amide bonds. The van der Waals surface area contributed by atoms with E-state index >= 15 is 0 Å². The highest BCUT2D eigenvalue weighted by Gasteiger charge is 2.17. The van der Waals surface area contributed by atoms with E-state index in [0.717, 1.165) is 23.6 Å². The van der Waals surface area contributed by atoms with Crippen molar-refractivity contribution in [2.45, 2.75) is 39.0 Å². The Kier molecular flexibility index (Phi) is 9.15. The summed E-state index contributed by atoms with van der Waals surface area (Å²) in [6, 6.07) is 0. The monoisotopic (exact) mass is 308 g/mol. The van der Waals surface area contributed by atoms with E-state index < -0.39 is 16.0 Å². The van der Waals surface area contributed by atoms with E-state index in [9.17, 15) is 18.0 Å². The van der Waals surface area contributed by atoms with Crippen LogP contribution in [-0.2, 0) is 19.6 Å². The van der Waals surface area contributed by atoms with Gasteiger partial charge in [-0.2, -0.15) is 4.31 Å². The number of aliphatic carboxylic acids is 1. The number of hydrogen-bond acceptors (Lipinski definition) is 4. The molecule has 8 heteroatoms. The number of amides is 1. The molecule has 0 saturated carbocycles. The van der Waals surface area contributed by atoms with Gasteiger partial charge in [-0.1, -0.05) is 12.8 Å². The first-order chi connectivity index (χ1) is 9.29. The Morgan fingerprint density at radius 1 is 1.15 bits per heavy atom.